The predicted octanol–water partition coefficient (Wildman–Crippen LogP) is 6.19. The Morgan fingerprint density at radius 2 is 1.95 bits per heavy atom. The van der Waals surface area contributed by atoms with Gasteiger partial charge in [0.25, 0.3) is 0 Å². The molecule has 1 unspecified atom stereocenters. The van der Waals surface area contributed by atoms with Gasteiger partial charge in [-0.1, -0.05) is 26.8 Å². The first-order valence-corrected chi connectivity index (χ1v) is 16.6. The van der Waals surface area contributed by atoms with Crippen LogP contribution in [0.3, 0.4) is 0 Å². The fourth-order valence-corrected chi connectivity index (χ4v) is 5.97. The number of hydrogen-bond donors (Lipinski definition) is 1. The number of amides is 1. The summed E-state index contributed by atoms with van der Waals surface area (Å²) >= 11 is 1.69. The molecular weight excluding hydrogens is 504 g/mol. The number of fused-ring (bicyclic) bond motifs is 1. The molecule has 4 heterocycles. The van der Waals surface area contributed by atoms with Gasteiger partial charge in [-0.2, -0.15) is 5.10 Å². The van der Waals surface area contributed by atoms with E-state index in [-0.39, 0.29) is 22.4 Å². The number of anilines is 1. The lowest BCUT2D eigenvalue weighted by molar-refractivity contribution is 0.0169. The number of carbonyl (C=O) groups excluding carboxylic acids is 1. The van der Waals surface area contributed by atoms with Crippen LogP contribution >= 0.6 is 11.8 Å². The third-order valence-corrected chi connectivity index (χ3v) is 12.6. The summed E-state index contributed by atoms with van der Waals surface area (Å²) in [7, 11) is -1.90. The zero-order chi connectivity index (χ0) is 27.2. The molecule has 2 aromatic heterocycles. The summed E-state index contributed by atoms with van der Waals surface area (Å²) < 4.78 is 13.9. The minimum Gasteiger partial charge on any atom is -0.548 e. The smallest absolute Gasteiger partial charge is 0.410 e. The molecule has 2 aliphatic rings. The van der Waals surface area contributed by atoms with Gasteiger partial charge in [0.1, 0.15) is 17.7 Å². The minimum absolute atomic E-state index is 0.0286. The standard InChI is InChI=1S/C26H40N6O3SSi/c1-25(2,3)35-24(33)31-13-9-10-17(14-31)32-23-20(22(27)28-16-29-23)21(30-32)19-12-11-18(36-19)15-34-37(7,8)26(4,5)6/h11-12,15-17,19H,9-10,13-14H2,1-8H3,(H2,27,28,29)/t17-,19?/m1/s1. The molecule has 11 heteroatoms. The van der Waals surface area contributed by atoms with Gasteiger partial charge in [-0.05, 0) is 57.8 Å². The third kappa shape index (κ3) is 5.98. The molecule has 0 spiro atoms. The van der Waals surface area contributed by atoms with E-state index in [0.29, 0.717) is 24.6 Å². The van der Waals surface area contributed by atoms with Crippen molar-refractivity contribution in [2.45, 2.75) is 89.4 Å². The predicted molar refractivity (Wildman–Crippen MR) is 152 cm³/mol. The number of nitrogens with zero attached hydrogens (tertiary/aromatic N) is 5. The van der Waals surface area contributed by atoms with Crippen molar-refractivity contribution >= 4 is 43.0 Å². The lowest BCUT2D eigenvalue weighted by Crippen LogP contribution is -2.43. The zero-order valence-electron chi connectivity index (χ0n) is 23.2. The number of thioether (sulfide) groups is 1. The van der Waals surface area contributed by atoms with Crippen LogP contribution in [0.2, 0.25) is 18.1 Å². The van der Waals surface area contributed by atoms with Crippen molar-refractivity contribution in [3.8, 4) is 0 Å². The number of ether oxygens (including phenoxy) is 1. The summed E-state index contributed by atoms with van der Waals surface area (Å²) in [5.74, 6) is 0.412. The lowest BCUT2D eigenvalue weighted by atomic mass is 10.1. The van der Waals surface area contributed by atoms with Crippen LogP contribution in [-0.4, -0.2) is 57.7 Å². The largest absolute Gasteiger partial charge is 0.548 e. The molecule has 9 nitrogen and oxygen atoms in total. The third-order valence-electron chi connectivity index (χ3n) is 7.18. The molecule has 2 atom stereocenters. The second-order valence-electron chi connectivity index (χ2n) is 12.3. The number of rotatable bonds is 4. The van der Waals surface area contributed by atoms with E-state index in [1.165, 1.54) is 6.33 Å². The molecule has 0 saturated carbocycles. The highest BCUT2D eigenvalue weighted by Crippen LogP contribution is 2.46. The van der Waals surface area contributed by atoms with E-state index in [0.717, 1.165) is 28.8 Å². The van der Waals surface area contributed by atoms with Crippen molar-refractivity contribution in [2.75, 3.05) is 18.8 Å². The number of piperidine rings is 1. The van der Waals surface area contributed by atoms with Crippen LogP contribution in [0.15, 0.2) is 29.6 Å². The first-order chi connectivity index (χ1) is 17.2. The van der Waals surface area contributed by atoms with Gasteiger partial charge in [0.15, 0.2) is 5.65 Å². The molecule has 0 aromatic carbocycles. The quantitative estimate of drug-likeness (QED) is 0.359. The lowest BCUT2D eigenvalue weighted by Gasteiger charge is -2.35. The Hall–Kier alpha value is -2.53. The number of carbonyl (C=O) groups is 1. The summed E-state index contributed by atoms with van der Waals surface area (Å²) in [6, 6.07) is -0.0286. The molecule has 1 amide bonds. The van der Waals surface area contributed by atoms with Crippen LogP contribution in [0.4, 0.5) is 10.6 Å². The molecule has 1 fully saturated rings. The monoisotopic (exact) mass is 544 g/mol. The fourth-order valence-electron chi connectivity index (χ4n) is 4.13. The van der Waals surface area contributed by atoms with Gasteiger partial charge in [0, 0.05) is 18.0 Å². The molecule has 0 radical (unpaired) electrons. The Kier molecular flexibility index (Phi) is 7.41. The molecule has 2 aromatic rings. The summed E-state index contributed by atoms with van der Waals surface area (Å²) in [6.45, 7) is 18.0. The first-order valence-electron chi connectivity index (χ1n) is 12.9. The highest BCUT2D eigenvalue weighted by Gasteiger charge is 2.38. The van der Waals surface area contributed by atoms with Crippen molar-refractivity contribution in [3.05, 3.63) is 35.3 Å². The van der Waals surface area contributed by atoms with Crippen molar-refractivity contribution in [3.63, 3.8) is 0 Å². The van der Waals surface area contributed by atoms with Crippen molar-refractivity contribution in [1.82, 2.24) is 24.6 Å². The van der Waals surface area contributed by atoms with Gasteiger partial charge in [-0.3, -0.25) is 0 Å². The van der Waals surface area contributed by atoms with Crippen LogP contribution in [0.1, 0.15) is 71.4 Å². The zero-order valence-corrected chi connectivity index (χ0v) is 25.1. The van der Waals surface area contributed by atoms with E-state index < -0.39 is 13.9 Å². The fraction of sp³-hybridized carbons (Fsp3) is 0.615. The van der Waals surface area contributed by atoms with Crippen molar-refractivity contribution < 1.29 is 14.0 Å². The molecule has 1 saturated heterocycles. The average molecular weight is 545 g/mol. The van der Waals surface area contributed by atoms with E-state index in [2.05, 4.69) is 56.0 Å². The summed E-state index contributed by atoms with van der Waals surface area (Å²) in [6.07, 6.45) is 9.03. The van der Waals surface area contributed by atoms with Crippen LogP contribution in [0.25, 0.3) is 11.0 Å². The van der Waals surface area contributed by atoms with Gasteiger partial charge in [-0.15, -0.1) is 11.8 Å². The number of likely N-dealkylation sites (tertiary alicyclic amines) is 1. The Morgan fingerprint density at radius 3 is 2.62 bits per heavy atom. The molecule has 202 valence electrons. The SMILES string of the molecule is CC(C)(C)OC(=O)N1CCC[C@@H](n2nc(C3C=CC(=CO[Si](C)(C)C(C)(C)C)S3)c3c(N)ncnc32)C1. The number of nitrogens with two attached hydrogens (primary N) is 1. The minimum atomic E-state index is -1.90. The van der Waals surface area contributed by atoms with E-state index in [1.807, 2.05) is 31.7 Å². The normalized spacial score (nSPS) is 22.2. The van der Waals surface area contributed by atoms with Crippen LogP contribution in [0.5, 0.6) is 0 Å². The van der Waals surface area contributed by atoms with E-state index in [9.17, 15) is 4.79 Å². The highest BCUT2D eigenvalue weighted by atomic mass is 32.2. The van der Waals surface area contributed by atoms with Crippen LogP contribution in [-0.2, 0) is 9.16 Å². The van der Waals surface area contributed by atoms with Crippen LogP contribution in [0, 0.1) is 0 Å². The Balaban J connectivity index is 1.59. The summed E-state index contributed by atoms with van der Waals surface area (Å²) in [5, 5.41) is 5.90. The molecule has 2 aliphatic heterocycles. The van der Waals surface area contributed by atoms with Crippen molar-refractivity contribution in [1.29, 1.82) is 0 Å². The Morgan fingerprint density at radius 1 is 1.22 bits per heavy atom. The van der Waals surface area contributed by atoms with Gasteiger partial charge in [0.05, 0.1) is 28.6 Å². The maximum atomic E-state index is 12.8. The van der Waals surface area contributed by atoms with Gasteiger partial charge >= 0.3 is 6.09 Å². The number of aromatic nitrogens is 4. The topological polar surface area (TPSA) is 108 Å². The van der Waals surface area contributed by atoms with E-state index in [1.54, 1.807) is 16.7 Å². The molecule has 37 heavy (non-hydrogen) atoms. The second kappa shape index (κ2) is 9.98. The second-order valence-corrected chi connectivity index (χ2v) is 18.3. The van der Waals surface area contributed by atoms with E-state index in [4.69, 9.17) is 20.0 Å². The average Bonchev–Trinajstić information content (AvgIpc) is 3.41. The van der Waals surface area contributed by atoms with Crippen LogP contribution < -0.4 is 5.73 Å². The van der Waals surface area contributed by atoms with Gasteiger partial charge in [0.2, 0.25) is 8.32 Å². The summed E-state index contributed by atoms with van der Waals surface area (Å²) in [5.41, 5.74) is 7.35. The Bertz CT molecular complexity index is 1230. The molecule has 2 N–H and O–H groups in total. The van der Waals surface area contributed by atoms with Gasteiger partial charge in [-0.25, -0.2) is 19.4 Å². The molecule has 0 bridgehead atoms. The number of hydrogen-bond acceptors (Lipinski definition) is 8. The maximum Gasteiger partial charge on any atom is 0.410 e. The molecule has 4 rings (SSSR count). The van der Waals surface area contributed by atoms with Gasteiger partial charge < -0.3 is 19.8 Å². The first kappa shape index (κ1) is 27.5. The highest BCUT2D eigenvalue weighted by molar-refractivity contribution is 8.03. The molecular formula is C26H40N6O3SSi. The molecule has 0 aliphatic carbocycles. The van der Waals surface area contributed by atoms with E-state index >= 15 is 0 Å². The van der Waals surface area contributed by atoms with Crippen molar-refractivity contribution in [2.24, 2.45) is 0 Å². The Labute approximate surface area is 225 Å². The number of allylic oxidation sites excluding steroid dienone is 1. The summed E-state index contributed by atoms with van der Waals surface area (Å²) in [4.78, 5) is 24.4. The number of nitrogen functional groups attached to an aromatic ring is 1. The maximum absolute atomic E-state index is 12.8.